The van der Waals surface area contributed by atoms with Gasteiger partial charge in [0.2, 0.25) is 5.95 Å². The highest BCUT2D eigenvalue weighted by atomic mass is 35.5. The third-order valence-corrected chi connectivity index (χ3v) is 9.08. The number of amides is 3. The summed E-state index contributed by atoms with van der Waals surface area (Å²) in [6.07, 6.45) is 6.18. The zero-order valence-corrected chi connectivity index (χ0v) is 26.6. The summed E-state index contributed by atoms with van der Waals surface area (Å²) in [6.45, 7) is 12.7. The number of carbonyl (C=O) groups is 2. The highest BCUT2D eigenvalue weighted by Gasteiger charge is 2.33. The van der Waals surface area contributed by atoms with Crippen molar-refractivity contribution in [2.75, 3.05) is 64.2 Å². The largest absolute Gasteiger partial charge is 0.444 e. The maximum Gasteiger partial charge on any atom is 0.410 e. The normalized spacial score (nSPS) is 20.4. The van der Waals surface area contributed by atoms with Gasteiger partial charge in [-0.05, 0) is 52.0 Å². The minimum atomic E-state index is -0.472. The molecule has 3 saturated heterocycles. The molecule has 1 atom stereocenters. The van der Waals surface area contributed by atoms with Gasteiger partial charge in [0.05, 0.1) is 16.9 Å². The van der Waals surface area contributed by atoms with Crippen molar-refractivity contribution >= 4 is 40.6 Å². The summed E-state index contributed by atoms with van der Waals surface area (Å²) in [4.78, 5) is 46.4. The SMILES string of the molecule is CC(C)(C)OC(=O)N1CCN(CC2CCN(C(=O)N3CC[C@@H](Nc4ncc(Cl)c(-c5c[nH]c6ccccc56)n4)C3)CC2)CC1. The second kappa shape index (κ2) is 12.8. The third-order valence-electron chi connectivity index (χ3n) is 8.81. The number of hydrogen-bond donors (Lipinski definition) is 2. The summed E-state index contributed by atoms with van der Waals surface area (Å²) in [5.41, 5.74) is 2.17. The van der Waals surface area contributed by atoms with Crippen LogP contribution in [0.5, 0.6) is 0 Å². The first-order valence-electron chi connectivity index (χ1n) is 15.7. The van der Waals surface area contributed by atoms with E-state index in [0.29, 0.717) is 48.8 Å². The Bertz CT molecular complexity index is 1470. The lowest BCUT2D eigenvalue weighted by atomic mass is 9.96. The molecule has 236 valence electrons. The number of nitrogens with zero attached hydrogens (tertiary/aromatic N) is 6. The molecule has 44 heavy (non-hydrogen) atoms. The van der Waals surface area contributed by atoms with E-state index >= 15 is 0 Å². The Hall–Kier alpha value is -3.57. The molecule has 3 aliphatic heterocycles. The number of ether oxygens (including phenoxy) is 1. The number of piperidine rings is 1. The topological polar surface area (TPSA) is 110 Å². The van der Waals surface area contributed by atoms with Crippen LogP contribution < -0.4 is 5.32 Å². The Morgan fingerprint density at radius 3 is 2.48 bits per heavy atom. The van der Waals surface area contributed by atoms with E-state index in [1.807, 2.05) is 65.9 Å². The average Bonchev–Trinajstić information content (AvgIpc) is 3.65. The first-order chi connectivity index (χ1) is 21.1. The number of anilines is 1. The highest BCUT2D eigenvalue weighted by Crippen LogP contribution is 2.32. The van der Waals surface area contributed by atoms with E-state index in [4.69, 9.17) is 21.3 Å². The molecule has 2 N–H and O–H groups in total. The van der Waals surface area contributed by atoms with Gasteiger partial charge in [0, 0.05) is 87.6 Å². The van der Waals surface area contributed by atoms with Crippen LogP contribution >= 0.6 is 11.6 Å². The summed E-state index contributed by atoms with van der Waals surface area (Å²) in [7, 11) is 0. The molecular weight excluding hydrogens is 580 g/mol. The van der Waals surface area contributed by atoms with Crippen molar-refractivity contribution in [2.45, 2.75) is 51.7 Å². The predicted molar refractivity (Wildman–Crippen MR) is 172 cm³/mol. The first kappa shape index (κ1) is 30.5. The fraction of sp³-hybridized carbons (Fsp3) is 0.562. The molecular formula is C32H43ClN8O3. The van der Waals surface area contributed by atoms with E-state index in [1.54, 1.807) is 6.20 Å². The van der Waals surface area contributed by atoms with Gasteiger partial charge in [-0.3, -0.25) is 4.90 Å². The lowest BCUT2D eigenvalue weighted by molar-refractivity contribution is 0.0125. The third kappa shape index (κ3) is 7.04. The Morgan fingerprint density at radius 2 is 1.73 bits per heavy atom. The van der Waals surface area contributed by atoms with Gasteiger partial charge in [0.25, 0.3) is 0 Å². The Balaban J connectivity index is 0.954. The molecule has 3 aromatic rings. The highest BCUT2D eigenvalue weighted by molar-refractivity contribution is 6.33. The van der Waals surface area contributed by atoms with Gasteiger partial charge in [-0.2, -0.15) is 0 Å². The average molecular weight is 623 g/mol. The standard InChI is InChI=1S/C32H43ClN8O3/c1-32(2,3)44-31(43)40-16-14-38(15-17-40)20-22-8-11-39(12-9-22)30(42)41-13-10-23(21-41)36-29-35-19-26(33)28(37-29)25-18-34-27-7-5-4-6-24(25)27/h4-7,18-19,22-23,34H,8-17,20-21H2,1-3H3,(H,35,36,37)/t23-/m1/s1. The van der Waals surface area contributed by atoms with E-state index < -0.39 is 5.60 Å². The van der Waals surface area contributed by atoms with Gasteiger partial charge in [-0.25, -0.2) is 19.6 Å². The number of piperazine rings is 1. The maximum atomic E-state index is 13.4. The Morgan fingerprint density at radius 1 is 1.00 bits per heavy atom. The van der Waals surface area contributed by atoms with Gasteiger partial charge in [-0.1, -0.05) is 29.8 Å². The van der Waals surface area contributed by atoms with E-state index in [2.05, 4.69) is 20.2 Å². The molecule has 0 radical (unpaired) electrons. The van der Waals surface area contributed by atoms with Crippen molar-refractivity contribution in [3.8, 4) is 11.3 Å². The molecule has 3 amide bonds. The molecule has 0 bridgehead atoms. The van der Waals surface area contributed by atoms with Crippen molar-refractivity contribution < 1.29 is 14.3 Å². The monoisotopic (exact) mass is 622 g/mol. The summed E-state index contributed by atoms with van der Waals surface area (Å²) >= 11 is 6.51. The molecule has 0 spiro atoms. The quantitative estimate of drug-likeness (QED) is 0.405. The lowest BCUT2D eigenvalue weighted by Gasteiger charge is -2.39. The second-order valence-corrected chi connectivity index (χ2v) is 13.6. The van der Waals surface area contributed by atoms with Crippen molar-refractivity contribution in [3.05, 3.63) is 41.7 Å². The fourth-order valence-electron chi connectivity index (χ4n) is 6.44. The number of hydrogen-bond acceptors (Lipinski definition) is 7. The number of urea groups is 1. The number of para-hydroxylation sites is 1. The summed E-state index contributed by atoms with van der Waals surface area (Å²) in [6, 6.07) is 8.26. The molecule has 0 saturated carbocycles. The number of aromatic amines is 1. The molecule has 5 heterocycles. The van der Waals surface area contributed by atoms with E-state index in [-0.39, 0.29) is 18.2 Å². The van der Waals surface area contributed by atoms with Crippen LogP contribution in [0, 0.1) is 5.92 Å². The summed E-state index contributed by atoms with van der Waals surface area (Å²) in [5, 5.41) is 4.99. The van der Waals surface area contributed by atoms with Crippen LogP contribution in [0.2, 0.25) is 5.02 Å². The van der Waals surface area contributed by atoms with Gasteiger partial charge in [0.1, 0.15) is 5.60 Å². The number of aromatic nitrogens is 3. The molecule has 0 unspecified atom stereocenters. The van der Waals surface area contributed by atoms with Crippen LogP contribution in [-0.4, -0.2) is 117 Å². The number of fused-ring (bicyclic) bond motifs is 1. The predicted octanol–water partition coefficient (Wildman–Crippen LogP) is 5.15. The fourth-order valence-corrected chi connectivity index (χ4v) is 6.63. The van der Waals surface area contributed by atoms with Gasteiger partial charge >= 0.3 is 12.1 Å². The molecule has 3 fully saturated rings. The van der Waals surface area contributed by atoms with Crippen molar-refractivity contribution in [3.63, 3.8) is 0 Å². The van der Waals surface area contributed by atoms with Gasteiger partial charge in [-0.15, -0.1) is 0 Å². The van der Waals surface area contributed by atoms with Crippen LogP contribution in [-0.2, 0) is 4.74 Å². The Labute approximate surface area is 263 Å². The zero-order valence-electron chi connectivity index (χ0n) is 25.9. The molecule has 11 nitrogen and oxygen atoms in total. The molecule has 3 aliphatic rings. The molecule has 6 rings (SSSR count). The number of likely N-dealkylation sites (tertiary alicyclic amines) is 2. The first-order valence-corrected chi connectivity index (χ1v) is 16.1. The maximum absolute atomic E-state index is 13.4. The van der Waals surface area contributed by atoms with Gasteiger partial charge in [0.15, 0.2) is 0 Å². The molecule has 2 aromatic heterocycles. The lowest BCUT2D eigenvalue weighted by Crippen LogP contribution is -2.52. The smallest absolute Gasteiger partial charge is 0.410 e. The number of nitrogens with one attached hydrogen (secondary N) is 2. The number of halogens is 1. The summed E-state index contributed by atoms with van der Waals surface area (Å²) in [5.74, 6) is 1.08. The van der Waals surface area contributed by atoms with E-state index in [9.17, 15) is 9.59 Å². The van der Waals surface area contributed by atoms with Crippen LogP contribution in [0.4, 0.5) is 15.5 Å². The van der Waals surface area contributed by atoms with E-state index in [0.717, 1.165) is 68.5 Å². The molecule has 12 heteroatoms. The van der Waals surface area contributed by atoms with Crippen molar-refractivity contribution in [1.82, 2.24) is 34.6 Å². The number of rotatable bonds is 5. The van der Waals surface area contributed by atoms with Crippen LogP contribution in [0.15, 0.2) is 36.7 Å². The number of carbonyl (C=O) groups excluding carboxylic acids is 2. The summed E-state index contributed by atoms with van der Waals surface area (Å²) < 4.78 is 5.52. The van der Waals surface area contributed by atoms with Gasteiger partial charge < -0.3 is 29.7 Å². The minimum absolute atomic E-state index is 0.0767. The Kier molecular flexibility index (Phi) is 8.87. The number of H-pyrrole nitrogens is 1. The second-order valence-electron chi connectivity index (χ2n) is 13.2. The number of benzene rings is 1. The van der Waals surface area contributed by atoms with Crippen LogP contribution in [0.25, 0.3) is 22.2 Å². The molecule has 0 aliphatic carbocycles. The van der Waals surface area contributed by atoms with Crippen molar-refractivity contribution in [2.24, 2.45) is 5.92 Å². The van der Waals surface area contributed by atoms with Crippen molar-refractivity contribution in [1.29, 1.82) is 0 Å². The molecule has 1 aromatic carbocycles. The zero-order chi connectivity index (χ0) is 30.8. The van der Waals surface area contributed by atoms with Crippen LogP contribution in [0.1, 0.15) is 40.0 Å². The van der Waals surface area contributed by atoms with E-state index in [1.165, 1.54) is 0 Å². The van der Waals surface area contributed by atoms with Crippen LogP contribution in [0.3, 0.4) is 0 Å². The minimum Gasteiger partial charge on any atom is -0.444 e.